The Labute approximate surface area is 385 Å². The van der Waals surface area contributed by atoms with E-state index in [1.54, 1.807) is 0 Å². The van der Waals surface area contributed by atoms with Gasteiger partial charge in [0.1, 0.15) is 36.3 Å². The van der Waals surface area contributed by atoms with Crippen LogP contribution >= 0.6 is 0 Å². The van der Waals surface area contributed by atoms with E-state index in [9.17, 15) is 43.3 Å². The van der Waals surface area contributed by atoms with Crippen LogP contribution in [0.4, 0.5) is 0 Å². The van der Waals surface area contributed by atoms with E-state index in [0.29, 0.717) is 19.3 Å². The molecule has 8 atom stereocenters. The second kappa shape index (κ2) is 40.2. The van der Waals surface area contributed by atoms with Gasteiger partial charge in [0.05, 0.1) is 18.8 Å². The smallest absolute Gasteiger partial charge is 0.267 e. The van der Waals surface area contributed by atoms with E-state index in [0.717, 1.165) is 38.5 Å². The summed E-state index contributed by atoms with van der Waals surface area (Å²) < 4.78 is 43.3. The Morgan fingerprint density at radius 2 is 0.889 bits per heavy atom. The lowest BCUT2D eigenvalue weighted by Crippen LogP contribution is -2.60. The Morgan fingerprint density at radius 1 is 0.540 bits per heavy atom. The number of carbonyl (C=O) groups is 1. The fourth-order valence-corrected chi connectivity index (χ4v) is 9.50. The summed E-state index contributed by atoms with van der Waals surface area (Å²) in [5, 5.41) is 56.0. The zero-order chi connectivity index (χ0) is 46.4. The van der Waals surface area contributed by atoms with E-state index in [-0.39, 0.29) is 12.3 Å². The van der Waals surface area contributed by atoms with Crippen molar-refractivity contribution in [2.24, 2.45) is 0 Å². The van der Waals surface area contributed by atoms with Gasteiger partial charge < -0.3 is 40.3 Å². The molecule has 0 radical (unpaired) electrons. The molecule has 7 N–H and O–H groups in total. The second-order valence-corrected chi connectivity index (χ2v) is 20.5. The van der Waals surface area contributed by atoms with Crippen molar-refractivity contribution in [3.05, 3.63) is 0 Å². The van der Waals surface area contributed by atoms with Crippen LogP contribution in [-0.4, -0.2) is 106 Å². The van der Waals surface area contributed by atoms with Gasteiger partial charge >= 0.3 is 0 Å². The SMILES string of the molecule is CCCCCCCCCCCCCCCCCCCCCCCCCC(=O)N[C@@H](CO[C@H]1O[C@H](CS(=O)(=O)O)[C@H](O)[C@H](O)[C@H]1O)[C@H](O)[C@H](O)CCCCCCCCCCCCCC. The largest absolute Gasteiger partial charge is 0.390 e. The van der Waals surface area contributed by atoms with Crippen LogP contribution in [0.15, 0.2) is 0 Å². The van der Waals surface area contributed by atoms with E-state index in [1.807, 2.05) is 0 Å². The predicted octanol–water partition coefficient (Wildman–Crippen LogP) is 10.4. The zero-order valence-electron chi connectivity index (χ0n) is 40.3. The van der Waals surface area contributed by atoms with Crippen LogP contribution in [0.25, 0.3) is 0 Å². The first-order valence-electron chi connectivity index (χ1n) is 26.3. The number of carbonyl (C=O) groups excluding carboxylic acids is 1. The molecular weight excluding hydrogens is 823 g/mol. The molecule has 0 spiro atoms. The van der Waals surface area contributed by atoms with Crippen molar-refractivity contribution in [1.29, 1.82) is 0 Å². The van der Waals surface area contributed by atoms with Crippen molar-refractivity contribution in [1.82, 2.24) is 5.32 Å². The lowest BCUT2D eigenvalue weighted by atomic mass is 9.98. The third kappa shape index (κ3) is 33.3. The molecule has 12 nitrogen and oxygen atoms in total. The Hall–Kier alpha value is -0.900. The minimum absolute atomic E-state index is 0.223. The number of nitrogens with one attached hydrogen (secondary N) is 1. The van der Waals surface area contributed by atoms with Crippen LogP contribution in [0.3, 0.4) is 0 Å². The van der Waals surface area contributed by atoms with Gasteiger partial charge in [0.15, 0.2) is 6.29 Å². The van der Waals surface area contributed by atoms with E-state index in [2.05, 4.69) is 19.2 Å². The van der Waals surface area contributed by atoms with Crippen LogP contribution in [0.5, 0.6) is 0 Å². The Bertz CT molecular complexity index is 1150. The molecule has 0 aromatic carbocycles. The lowest BCUT2D eigenvalue weighted by molar-refractivity contribution is -0.294. The molecule has 1 aliphatic rings. The van der Waals surface area contributed by atoms with Crippen molar-refractivity contribution in [3.63, 3.8) is 0 Å². The van der Waals surface area contributed by atoms with Crippen LogP contribution in [0, 0.1) is 0 Å². The number of unbranched alkanes of at least 4 members (excludes halogenated alkanes) is 33. The minimum atomic E-state index is -4.61. The number of amides is 1. The van der Waals surface area contributed by atoms with E-state index < -0.39 is 71.4 Å². The number of aliphatic hydroxyl groups is 5. The summed E-state index contributed by atoms with van der Waals surface area (Å²) in [5.41, 5.74) is 0. The lowest BCUT2D eigenvalue weighted by Gasteiger charge is -2.40. The number of ether oxygens (including phenoxy) is 2. The molecule has 0 bridgehead atoms. The number of rotatable bonds is 45. The summed E-state index contributed by atoms with van der Waals surface area (Å²) in [7, 11) is -4.61. The zero-order valence-corrected chi connectivity index (χ0v) is 41.1. The summed E-state index contributed by atoms with van der Waals surface area (Å²) in [6.07, 6.45) is 32.8. The van der Waals surface area contributed by atoms with Crippen LogP contribution in [0.2, 0.25) is 0 Å². The van der Waals surface area contributed by atoms with Crippen molar-refractivity contribution in [2.75, 3.05) is 12.4 Å². The van der Waals surface area contributed by atoms with Crippen LogP contribution in [-0.2, 0) is 24.4 Å². The van der Waals surface area contributed by atoms with Gasteiger partial charge in [-0.05, 0) is 12.8 Å². The molecule has 1 amide bonds. The number of hydrogen-bond donors (Lipinski definition) is 7. The normalized spacial score (nSPS) is 20.8. The molecule has 376 valence electrons. The molecule has 0 saturated carbocycles. The fourth-order valence-electron chi connectivity index (χ4n) is 8.81. The van der Waals surface area contributed by atoms with Gasteiger partial charge in [-0.25, -0.2) is 0 Å². The molecule has 1 rings (SSSR count). The number of aliphatic hydroxyl groups excluding tert-OH is 5. The molecule has 0 aromatic heterocycles. The first-order valence-corrected chi connectivity index (χ1v) is 27.9. The molecule has 1 aliphatic heterocycles. The van der Waals surface area contributed by atoms with Gasteiger partial charge in [-0.1, -0.05) is 232 Å². The molecule has 1 fully saturated rings. The summed E-state index contributed by atoms with van der Waals surface area (Å²) in [5.74, 6) is -1.37. The highest BCUT2D eigenvalue weighted by molar-refractivity contribution is 7.85. The Kier molecular flexibility index (Phi) is 38.4. The standard InChI is InChI=1S/C50H99NO11S/c1-3-5-7-9-11-13-15-17-18-19-20-21-22-23-24-25-26-27-29-31-33-35-37-39-45(53)51-42(40-61-50-49(57)48(56)47(55)44(62-50)41-63(58,59)60)46(54)43(52)38-36-34-32-30-28-16-14-12-10-8-6-4-2/h42-44,46-50,52,54-57H,3-41H2,1-2H3,(H,51,53)(H,58,59,60)/t42-,43+,44+,46-,47-,48-,49+,50-/m0/s1. The first kappa shape index (κ1) is 60.1. The minimum Gasteiger partial charge on any atom is -0.390 e. The molecule has 63 heavy (non-hydrogen) atoms. The van der Waals surface area contributed by atoms with Gasteiger partial charge in [-0.2, -0.15) is 8.42 Å². The van der Waals surface area contributed by atoms with E-state index in [1.165, 1.54) is 173 Å². The Balaban J connectivity index is 2.37. The van der Waals surface area contributed by atoms with E-state index >= 15 is 0 Å². The van der Waals surface area contributed by atoms with Gasteiger partial charge in [0.25, 0.3) is 10.1 Å². The average molecular weight is 922 g/mol. The predicted molar refractivity (Wildman–Crippen MR) is 255 cm³/mol. The molecule has 0 aromatic rings. The monoisotopic (exact) mass is 922 g/mol. The maximum atomic E-state index is 13.1. The third-order valence-corrected chi connectivity index (χ3v) is 13.7. The van der Waals surface area contributed by atoms with Crippen molar-refractivity contribution < 1.29 is 52.8 Å². The highest BCUT2D eigenvalue weighted by Gasteiger charge is 2.46. The van der Waals surface area contributed by atoms with Gasteiger partial charge in [-0.3, -0.25) is 9.35 Å². The van der Waals surface area contributed by atoms with Crippen LogP contribution in [0.1, 0.15) is 251 Å². The molecule has 0 unspecified atom stereocenters. The first-order chi connectivity index (χ1) is 30.4. The average Bonchev–Trinajstić information content (AvgIpc) is 3.25. The summed E-state index contributed by atoms with van der Waals surface area (Å²) in [4.78, 5) is 13.1. The summed E-state index contributed by atoms with van der Waals surface area (Å²) in [6, 6.07) is -1.10. The topological polar surface area (TPSA) is 203 Å². The maximum Gasteiger partial charge on any atom is 0.267 e. The van der Waals surface area contributed by atoms with Crippen LogP contribution < -0.4 is 5.32 Å². The highest BCUT2D eigenvalue weighted by Crippen LogP contribution is 2.24. The quantitative estimate of drug-likeness (QED) is 0.0226. The van der Waals surface area contributed by atoms with Gasteiger partial charge in [0, 0.05) is 6.42 Å². The summed E-state index contributed by atoms with van der Waals surface area (Å²) in [6.45, 7) is 4.06. The van der Waals surface area contributed by atoms with Gasteiger partial charge in [-0.15, -0.1) is 0 Å². The second-order valence-electron chi connectivity index (χ2n) is 19.0. The number of hydrogen-bond acceptors (Lipinski definition) is 10. The molecule has 1 heterocycles. The molecule has 1 saturated heterocycles. The highest BCUT2D eigenvalue weighted by atomic mass is 32.2. The van der Waals surface area contributed by atoms with Crippen molar-refractivity contribution >= 4 is 16.0 Å². The van der Waals surface area contributed by atoms with Crippen molar-refractivity contribution in [2.45, 2.75) is 300 Å². The Morgan fingerprint density at radius 3 is 1.25 bits per heavy atom. The van der Waals surface area contributed by atoms with E-state index in [4.69, 9.17) is 9.47 Å². The fraction of sp³-hybridized carbons (Fsp3) is 0.980. The van der Waals surface area contributed by atoms with Crippen molar-refractivity contribution in [3.8, 4) is 0 Å². The van der Waals surface area contributed by atoms with Gasteiger partial charge in [0.2, 0.25) is 5.91 Å². The molecule has 13 heteroatoms. The third-order valence-electron chi connectivity index (χ3n) is 13.0. The molecular formula is C50H99NO11S. The maximum absolute atomic E-state index is 13.1. The molecule has 0 aliphatic carbocycles. The summed E-state index contributed by atoms with van der Waals surface area (Å²) >= 11 is 0.